The molecule has 8 heteroatoms. The smallest absolute Gasteiger partial charge is 0.226 e. The summed E-state index contributed by atoms with van der Waals surface area (Å²) >= 11 is 12.3. The van der Waals surface area contributed by atoms with Gasteiger partial charge < -0.3 is 10.1 Å². The second kappa shape index (κ2) is 7.64. The van der Waals surface area contributed by atoms with E-state index in [0.717, 1.165) is 23.2 Å². The maximum atomic E-state index is 13.4. The van der Waals surface area contributed by atoms with E-state index in [4.69, 9.17) is 38.0 Å². The minimum atomic E-state index is -0.440. The van der Waals surface area contributed by atoms with Gasteiger partial charge in [0.25, 0.3) is 0 Å². The lowest BCUT2D eigenvalue weighted by atomic mass is 9.73. The Bertz CT molecular complexity index is 1280. The molecule has 0 fully saturated rings. The second-order valence-corrected chi connectivity index (χ2v) is 9.75. The van der Waals surface area contributed by atoms with Crippen LogP contribution in [0.4, 0.5) is 5.95 Å². The van der Waals surface area contributed by atoms with E-state index in [1.54, 1.807) is 23.9 Å². The van der Waals surface area contributed by atoms with Gasteiger partial charge in [-0.1, -0.05) is 55.2 Å². The number of halogens is 2. The van der Waals surface area contributed by atoms with Crippen LogP contribution in [0.2, 0.25) is 10.0 Å². The predicted octanol–water partition coefficient (Wildman–Crippen LogP) is 5.92. The molecule has 0 bridgehead atoms. The summed E-state index contributed by atoms with van der Waals surface area (Å²) in [7, 11) is 1.63. The Balaban J connectivity index is 1.71. The molecule has 1 aliphatic carbocycles. The van der Waals surface area contributed by atoms with Crippen molar-refractivity contribution in [2.45, 2.75) is 32.7 Å². The number of allylic oxidation sites excluding steroid dienone is 2. The maximum Gasteiger partial charge on any atom is 0.226 e. The molecular weight excluding hydrogens is 447 g/mol. The third kappa shape index (κ3) is 3.48. The zero-order valence-corrected chi connectivity index (χ0v) is 19.5. The van der Waals surface area contributed by atoms with E-state index in [9.17, 15) is 4.79 Å². The third-order valence-corrected chi connectivity index (χ3v) is 6.68. The topological polar surface area (TPSA) is 69.0 Å². The van der Waals surface area contributed by atoms with Crippen LogP contribution in [0, 0.1) is 5.41 Å². The van der Waals surface area contributed by atoms with Crippen LogP contribution >= 0.6 is 23.2 Å². The highest BCUT2D eigenvalue weighted by atomic mass is 35.5. The van der Waals surface area contributed by atoms with Crippen molar-refractivity contribution in [3.8, 4) is 17.1 Å². The van der Waals surface area contributed by atoms with Crippen molar-refractivity contribution in [3.63, 3.8) is 0 Å². The van der Waals surface area contributed by atoms with Gasteiger partial charge in [-0.2, -0.15) is 4.98 Å². The molecule has 5 rings (SSSR count). The Morgan fingerprint density at radius 3 is 2.66 bits per heavy atom. The SMILES string of the molecule is COc1ccccc1C1C2=C(CC(C)(C)CC2=O)Nc2nc(-c3ccc(Cl)c(Cl)c3)nn21. The molecule has 32 heavy (non-hydrogen) atoms. The van der Waals surface area contributed by atoms with Crippen molar-refractivity contribution in [3.05, 3.63) is 69.3 Å². The number of carbonyl (C=O) groups excluding carboxylic acids is 1. The number of aromatic nitrogens is 3. The van der Waals surface area contributed by atoms with Gasteiger partial charge in [-0.05, 0) is 36.1 Å². The van der Waals surface area contributed by atoms with E-state index in [2.05, 4.69) is 19.2 Å². The predicted molar refractivity (Wildman–Crippen MR) is 125 cm³/mol. The quantitative estimate of drug-likeness (QED) is 0.516. The van der Waals surface area contributed by atoms with Crippen LogP contribution < -0.4 is 10.1 Å². The molecular formula is C24H22Cl2N4O2. The normalized spacial score (nSPS) is 19.3. The summed E-state index contributed by atoms with van der Waals surface area (Å²) in [5.41, 5.74) is 3.08. The first kappa shape index (κ1) is 21.0. The number of rotatable bonds is 3. The first-order valence-corrected chi connectivity index (χ1v) is 11.1. The number of nitrogens with zero attached hydrogens (tertiary/aromatic N) is 3. The van der Waals surface area contributed by atoms with E-state index in [-0.39, 0.29) is 11.2 Å². The number of ketones is 1. The lowest BCUT2D eigenvalue weighted by molar-refractivity contribution is -0.118. The average Bonchev–Trinajstić information content (AvgIpc) is 3.17. The van der Waals surface area contributed by atoms with Gasteiger partial charge >= 0.3 is 0 Å². The summed E-state index contributed by atoms with van der Waals surface area (Å²) in [6.07, 6.45) is 1.22. The van der Waals surface area contributed by atoms with Crippen LogP contribution in [0.1, 0.15) is 38.3 Å². The number of anilines is 1. The molecule has 1 aliphatic heterocycles. The summed E-state index contributed by atoms with van der Waals surface area (Å²) < 4.78 is 7.41. The molecule has 2 aliphatic rings. The minimum absolute atomic E-state index is 0.108. The molecule has 0 saturated heterocycles. The number of para-hydroxylation sites is 1. The van der Waals surface area contributed by atoms with E-state index >= 15 is 0 Å². The number of hydrogen-bond acceptors (Lipinski definition) is 5. The Morgan fingerprint density at radius 2 is 1.91 bits per heavy atom. The first-order chi connectivity index (χ1) is 15.3. The number of methoxy groups -OCH3 is 1. The first-order valence-electron chi connectivity index (χ1n) is 10.4. The molecule has 0 radical (unpaired) electrons. The largest absolute Gasteiger partial charge is 0.496 e. The second-order valence-electron chi connectivity index (χ2n) is 8.94. The Labute approximate surface area is 196 Å². The molecule has 6 nitrogen and oxygen atoms in total. The van der Waals surface area contributed by atoms with E-state index in [1.165, 1.54) is 0 Å². The highest BCUT2D eigenvalue weighted by Gasteiger charge is 2.42. The minimum Gasteiger partial charge on any atom is -0.496 e. The van der Waals surface area contributed by atoms with Crippen LogP contribution in [0.3, 0.4) is 0 Å². The van der Waals surface area contributed by atoms with Gasteiger partial charge in [-0.15, -0.1) is 5.10 Å². The number of hydrogen-bond donors (Lipinski definition) is 1. The van der Waals surface area contributed by atoms with Gasteiger partial charge in [0.2, 0.25) is 5.95 Å². The lowest BCUT2D eigenvalue weighted by Crippen LogP contribution is -2.36. The highest BCUT2D eigenvalue weighted by molar-refractivity contribution is 6.42. The maximum absolute atomic E-state index is 13.4. The van der Waals surface area contributed by atoms with E-state index in [1.807, 2.05) is 30.3 Å². The number of ether oxygens (including phenoxy) is 1. The molecule has 0 amide bonds. The number of Topliss-reactive ketones (excluding diaryl/α,β-unsaturated/α-hetero) is 1. The summed E-state index contributed by atoms with van der Waals surface area (Å²) in [5.74, 6) is 1.88. The lowest BCUT2D eigenvalue weighted by Gasteiger charge is -2.38. The zero-order valence-electron chi connectivity index (χ0n) is 17.9. The van der Waals surface area contributed by atoms with Crippen LogP contribution in [0.15, 0.2) is 53.7 Å². The fraction of sp³-hybridized carbons (Fsp3) is 0.292. The molecule has 2 heterocycles. The molecule has 0 spiro atoms. The molecule has 1 atom stereocenters. The van der Waals surface area contributed by atoms with Crippen LogP contribution in [0.5, 0.6) is 5.75 Å². The fourth-order valence-corrected chi connectivity index (χ4v) is 4.84. The van der Waals surface area contributed by atoms with Crippen molar-refractivity contribution in [1.82, 2.24) is 14.8 Å². The zero-order chi connectivity index (χ0) is 22.6. The molecule has 3 aromatic rings. The molecule has 164 valence electrons. The standard InChI is InChI=1S/C24H22Cl2N4O2/c1-24(2)11-17-20(18(31)12-24)21(14-6-4-5-7-19(14)32-3)30-23(27-17)28-22(29-30)13-8-9-15(25)16(26)10-13/h4-10,21H,11-12H2,1-3H3,(H,27,28,29). The number of carbonyl (C=O) groups is 1. The Kier molecular flexibility index (Phi) is 5.02. The summed E-state index contributed by atoms with van der Waals surface area (Å²) in [6, 6.07) is 12.6. The molecule has 1 aromatic heterocycles. The molecule has 2 aromatic carbocycles. The summed E-state index contributed by atoms with van der Waals surface area (Å²) in [4.78, 5) is 18.1. The van der Waals surface area contributed by atoms with Gasteiger partial charge in [0.1, 0.15) is 11.8 Å². The van der Waals surface area contributed by atoms with E-state index < -0.39 is 6.04 Å². The fourth-order valence-electron chi connectivity index (χ4n) is 4.55. The molecule has 0 saturated carbocycles. The summed E-state index contributed by atoms with van der Waals surface area (Å²) in [6.45, 7) is 4.21. The molecule has 1 N–H and O–H groups in total. The number of benzene rings is 2. The Morgan fingerprint density at radius 1 is 1.12 bits per heavy atom. The van der Waals surface area contributed by atoms with Crippen molar-refractivity contribution in [1.29, 1.82) is 0 Å². The third-order valence-electron chi connectivity index (χ3n) is 5.94. The van der Waals surface area contributed by atoms with E-state index in [0.29, 0.717) is 39.6 Å². The van der Waals surface area contributed by atoms with Crippen molar-refractivity contribution < 1.29 is 9.53 Å². The molecule has 1 unspecified atom stereocenters. The Hall–Kier alpha value is -2.83. The van der Waals surface area contributed by atoms with Crippen molar-refractivity contribution in [2.75, 3.05) is 12.4 Å². The van der Waals surface area contributed by atoms with Gasteiger partial charge in [0.15, 0.2) is 11.6 Å². The number of nitrogens with one attached hydrogen (secondary N) is 1. The van der Waals surface area contributed by atoms with Crippen LogP contribution in [-0.2, 0) is 4.79 Å². The highest BCUT2D eigenvalue weighted by Crippen LogP contribution is 2.47. The van der Waals surface area contributed by atoms with Gasteiger partial charge in [-0.3, -0.25) is 4.79 Å². The van der Waals surface area contributed by atoms with Crippen LogP contribution in [-0.4, -0.2) is 27.7 Å². The number of fused-ring (bicyclic) bond motifs is 1. The monoisotopic (exact) mass is 468 g/mol. The summed E-state index contributed by atoms with van der Waals surface area (Å²) in [5, 5.41) is 9.07. The van der Waals surface area contributed by atoms with Gasteiger partial charge in [0, 0.05) is 28.8 Å². The van der Waals surface area contributed by atoms with Gasteiger partial charge in [0.05, 0.1) is 17.2 Å². The van der Waals surface area contributed by atoms with Crippen molar-refractivity contribution >= 4 is 34.9 Å². The van der Waals surface area contributed by atoms with Gasteiger partial charge in [-0.25, -0.2) is 4.68 Å². The average molecular weight is 469 g/mol. The van der Waals surface area contributed by atoms with Crippen LogP contribution in [0.25, 0.3) is 11.4 Å². The van der Waals surface area contributed by atoms with Crippen molar-refractivity contribution in [2.24, 2.45) is 5.41 Å².